The van der Waals surface area contributed by atoms with Crippen molar-refractivity contribution in [1.29, 1.82) is 0 Å². The van der Waals surface area contributed by atoms with E-state index in [1.54, 1.807) is 0 Å². The molecular formula is C84H120. The quantitative estimate of drug-likeness (QED) is 0.108. The lowest BCUT2D eigenvalue weighted by Crippen LogP contribution is -1.96. The van der Waals surface area contributed by atoms with Crippen LogP contribution in [-0.2, 0) is 70.6 Å². The highest BCUT2D eigenvalue weighted by Crippen LogP contribution is 2.21. The molecule has 0 amide bonds. The predicted octanol–water partition coefficient (Wildman–Crippen LogP) is 24.4. The molecule has 8 aromatic rings. The zero-order chi connectivity index (χ0) is 63.1. The normalized spacial score (nSPS) is 10.1. The highest BCUT2D eigenvalue weighted by Gasteiger charge is 2.05. The van der Waals surface area contributed by atoms with Gasteiger partial charge in [-0.3, -0.25) is 0 Å². The Morgan fingerprint density at radius 2 is 0.631 bits per heavy atom. The van der Waals surface area contributed by atoms with Crippen LogP contribution in [0.15, 0.2) is 164 Å². The van der Waals surface area contributed by atoms with Crippen LogP contribution in [0, 0.1) is 55.4 Å². The van der Waals surface area contributed by atoms with Crippen LogP contribution in [0.3, 0.4) is 0 Å². The first-order valence-corrected chi connectivity index (χ1v) is 32.7. The molecule has 0 aromatic heterocycles. The van der Waals surface area contributed by atoms with E-state index in [1.807, 2.05) is 0 Å². The molecule has 0 saturated heterocycles. The molecule has 0 N–H and O–H groups in total. The topological polar surface area (TPSA) is 0 Å². The zero-order valence-electron chi connectivity index (χ0n) is 58.0. The van der Waals surface area contributed by atoms with E-state index >= 15 is 0 Å². The van der Waals surface area contributed by atoms with Gasteiger partial charge in [0.15, 0.2) is 0 Å². The van der Waals surface area contributed by atoms with Crippen molar-refractivity contribution < 1.29 is 0 Å². The van der Waals surface area contributed by atoms with Crippen molar-refractivity contribution in [3.63, 3.8) is 0 Å². The molecule has 0 radical (unpaired) electrons. The molecule has 0 fully saturated rings. The van der Waals surface area contributed by atoms with Crippen molar-refractivity contribution in [2.75, 3.05) is 0 Å². The lowest BCUT2D eigenvalue weighted by molar-refractivity contribution is 0.856. The number of aryl methyl sites for hydroxylation is 17. The van der Waals surface area contributed by atoms with E-state index in [2.05, 4.69) is 323 Å². The van der Waals surface area contributed by atoms with Crippen LogP contribution in [0.4, 0.5) is 0 Å². The van der Waals surface area contributed by atoms with Gasteiger partial charge in [0.2, 0.25) is 0 Å². The summed E-state index contributed by atoms with van der Waals surface area (Å²) in [6.45, 7) is 50.5. The fourth-order valence-corrected chi connectivity index (χ4v) is 10.1. The first-order chi connectivity index (χ1) is 40.1. The van der Waals surface area contributed by atoms with Crippen molar-refractivity contribution in [2.45, 2.75) is 242 Å². The van der Waals surface area contributed by atoms with Gasteiger partial charge in [0.05, 0.1) is 0 Å². The van der Waals surface area contributed by atoms with E-state index in [1.165, 1.54) is 117 Å². The average Bonchev–Trinajstić information content (AvgIpc) is 3.59. The summed E-state index contributed by atoms with van der Waals surface area (Å²) < 4.78 is 0. The molecule has 0 aliphatic carbocycles. The number of benzene rings is 8. The summed E-state index contributed by atoms with van der Waals surface area (Å²) in [5, 5.41) is 0. The highest BCUT2D eigenvalue weighted by atomic mass is 14.1. The first-order valence-electron chi connectivity index (χ1n) is 32.7. The van der Waals surface area contributed by atoms with Gasteiger partial charge in [-0.1, -0.05) is 290 Å². The molecule has 0 spiro atoms. The fraction of sp³-hybridized carbons (Fsp3) is 0.429. The SMILES string of the molecule is CCc1cc(C)cc(CC)c1.CCc1cc(CC)c(C)c(CC)c1.CCc1ccc(C)c(CC)c1.CCc1ccc(C)cc1.CCc1cccc(C)c1.CCc1cccc(CC)c1C.Cc1cccc(C(C)C)c1.Cc1ccccc1C(C)C. The molecule has 0 nitrogen and oxygen atoms in total. The minimum Gasteiger partial charge on any atom is -0.0620 e. The first kappa shape index (κ1) is 75.8. The largest absolute Gasteiger partial charge is 0.0620 e. The van der Waals surface area contributed by atoms with E-state index in [0.717, 1.165) is 70.6 Å². The number of hydrogen-bond acceptors (Lipinski definition) is 0. The Hall–Kier alpha value is -6.24. The van der Waals surface area contributed by atoms with Crippen molar-refractivity contribution in [3.8, 4) is 0 Å². The third-order valence-corrected chi connectivity index (χ3v) is 15.9. The minimum atomic E-state index is 0.653. The second-order valence-electron chi connectivity index (χ2n) is 23.3. The van der Waals surface area contributed by atoms with Crippen molar-refractivity contribution in [1.82, 2.24) is 0 Å². The third-order valence-electron chi connectivity index (χ3n) is 15.9. The Labute approximate surface area is 519 Å². The van der Waals surface area contributed by atoms with Gasteiger partial charge in [0, 0.05) is 0 Å². The molecule has 0 aliphatic rings. The van der Waals surface area contributed by atoms with Gasteiger partial charge in [0.25, 0.3) is 0 Å². The third kappa shape index (κ3) is 29.5. The van der Waals surface area contributed by atoms with Crippen molar-refractivity contribution in [2.24, 2.45) is 0 Å². The van der Waals surface area contributed by atoms with E-state index in [9.17, 15) is 0 Å². The Bertz CT molecular complexity index is 2940. The van der Waals surface area contributed by atoms with Crippen molar-refractivity contribution >= 4 is 0 Å². The lowest BCUT2D eigenvalue weighted by Gasteiger charge is -2.11. The van der Waals surface area contributed by atoms with Gasteiger partial charge in [-0.05, 0) is 232 Å². The van der Waals surface area contributed by atoms with Crippen LogP contribution >= 0.6 is 0 Å². The van der Waals surface area contributed by atoms with Crippen LogP contribution in [0.5, 0.6) is 0 Å². The van der Waals surface area contributed by atoms with Gasteiger partial charge in [-0.2, -0.15) is 0 Å². The molecule has 0 unspecified atom stereocenters. The Kier molecular flexibility index (Phi) is 39.1. The second kappa shape index (κ2) is 43.4. The fourth-order valence-electron chi connectivity index (χ4n) is 10.1. The molecule has 0 atom stereocenters. The molecule has 0 bridgehead atoms. The molecule has 8 rings (SSSR count). The molecule has 8 aromatic carbocycles. The van der Waals surface area contributed by atoms with E-state index in [4.69, 9.17) is 0 Å². The van der Waals surface area contributed by atoms with Crippen molar-refractivity contribution in [3.05, 3.63) is 281 Å². The van der Waals surface area contributed by atoms with Gasteiger partial charge in [-0.15, -0.1) is 0 Å². The van der Waals surface area contributed by atoms with E-state index < -0.39 is 0 Å². The van der Waals surface area contributed by atoms with Crippen LogP contribution in [-0.4, -0.2) is 0 Å². The Morgan fingerprint density at radius 3 is 1.02 bits per heavy atom. The summed E-state index contributed by atoms with van der Waals surface area (Å²) in [7, 11) is 0. The van der Waals surface area contributed by atoms with Gasteiger partial charge in [0.1, 0.15) is 0 Å². The molecule has 0 heteroatoms. The van der Waals surface area contributed by atoms with Crippen LogP contribution in [0.2, 0.25) is 0 Å². The summed E-state index contributed by atoms with van der Waals surface area (Å²) in [5.74, 6) is 1.31. The molecule has 0 heterocycles. The number of hydrogen-bond donors (Lipinski definition) is 0. The summed E-state index contributed by atoms with van der Waals surface area (Å²) >= 11 is 0. The second-order valence-corrected chi connectivity index (χ2v) is 23.3. The minimum absolute atomic E-state index is 0.653. The van der Waals surface area contributed by atoms with Crippen LogP contribution in [0.25, 0.3) is 0 Å². The highest BCUT2D eigenvalue weighted by molar-refractivity contribution is 5.39. The van der Waals surface area contributed by atoms with Crippen LogP contribution < -0.4 is 0 Å². The standard InChI is InChI=1S/C13H20.3C11H16.2C10H14.2C9H12/c1-5-11-8-12(6-2)10(4)13(7-3)9-11;1-4-10-6-9(3)7-11(5-2)8-10;1-4-10-7-6-9(3)11(5-2)8-10;1-4-10-7-6-8-11(5-2)9(10)3;1-8(2)10-6-4-5-9(3)7-10;1-8(2)10-7-5-4-6-9(10)3;1-3-9-6-4-8(2)5-7-9;1-3-9-6-4-5-8(2)7-9/h8-9H,5-7H2,1-4H3;3*6-8H,4-5H2,1-3H3;2*4-8H,1-3H3;2*4-7H,3H2,1-2H3. The maximum atomic E-state index is 2.36. The van der Waals surface area contributed by atoms with Gasteiger partial charge in [-0.25, -0.2) is 0 Å². The molecule has 456 valence electrons. The summed E-state index contributed by atoms with van der Waals surface area (Å²) in [4.78, 5) is 0. The summed E-state index contributed by atoms with van der Waals surface area (Å²) in [5.41, 5.74) is 30.4. The lowest BCUT2D eigenvalue weighted by atomic mass is 9.95. The molecule has 0 aliphatic heterocycles. The monoisotopic (exact) mass is 1130 g/mol. The van der Waals surface area contributed by atoms with E-state index in [-0.39, 0.29) is 0 Å². The Morgan fingerprint density at radius 1 is 0.238 bits per heavy atom. The molecule has 84 heavy (non-hydrogen) atoms. The van der Waals surface area contributed by atoms with Gasteiger partial charge >= 0.3 is 0 Å². The van der Waals surface area contributed by atoms with E-state index in [0.29, 0.717) is 11.8 Å². The maximum Gasteiger partial charge on any atom is -0.0216 e. The predicted molar refractivity (Wildman–Crippen MR) is 381 cm³/mol. The Balaban J connectivity index is 0.000000481. The average molecular weight is 1130 g/mol. The molecule has 0 saturated carbocycles. The zero-order valence-corrected chi connectivity index (χ0v) is 58.0. The summed E-state index contributed by atoms with van der Waals surface area (Å²) in [6.07, 6.45) is 12.7. The van der Waals surface area contributed by atoms with Gasteiger partial charge < -0.3 is 0 Å². The number of rotatable bonds is 13. The summed E-state index contributed by atoms with van der Waals surface area (Å²) in [6, 6.07) is 59.4. The molecular weight excluding hydrogens is 1010 g/mol. The smallest absolute Gasteiger partial charge is 0.0216 e. The maximum absolute atomic E-state index is 2.36. The van der Waals surface area contributed by atoms with Crippen LogP contribution in [0.1, 0.15) is 233 Å².